The van der Waals surface area contributed by atoms with E-state index in [9.17, 15) is 9.59 Å². The fourth-order valence-electron chi connectivity index (χ4n) is 4.45. The number of carbonyl (C=O) groups is 2. The molecule has 0 unspecified atom stereocenters. The molecule has 2 amide bonds. The first kappa shape index (κ1) is 23.3. The topological polar surface area (TPSA) is 64.7 Å². The van der Waals surface area contributed by atoms with Crippen molar-refractivity contribution in [3.8, 4) is 0 Å². The minimum Gasteiger partial charge on any atom is -0.372 e. The molecular formula is C27H36N4O2. The molecule has 1 aliphatic heterocycles. The van der Waals surface area contributed by atoms with Crippen molar-refractivity contribution < 1.29 is 9.59 Å². The van der Waals surface area contributed by atoms with E-state index in [1.54, 1.807) is 0 Å². The Kier molecular flexibility index (Phi) is 7.65. The maximum absolute atomic E-state index is 12.7. The van der Waals surface area contributed by atoms with E-state index in [0.29, 0.717) is 25.6 Å². The maximum Gasteiger partial charge on any atom is 0.238 e. The summed E-state index contributed by atoms with van der Waals surface area (Å²) in [6.45, 7) is 7.14. The van der Waals surface area contributed by atoms with E-state index in [4.69, 9.17) is 0 Å². The average Bonchev–Trinajstić information content (AvgIpc) is 3.66. The molecule has 2 fully saturated rings. The fourth-order valence-corrected chi connectivity index (χ4v) is 4.45. The smallest absolute Gasteiger partial charge is 0.238 e. The van der Waals surface area contributed by atoms with E-state index >= 15 is 0 Å². The van der Waals surface area contributed by atoms with E-state index in [-0.39, 0.29) is 11.8 Å². The van der Waals surface area contributed by atoms with Crippen molar-refractivity contribution in [1.82, 2.24) is 4.90 Å². The van der Waals surface area contributed by atoms with Gasteiger partial charge in [-0.3, -0.25) is 14.5 Å². The SMILES string of the molecule is Cc1ccc(C)c(NC(=O)CN(CCC(=O)Nc2ccc(N3CCCCC3)cc2)C2CC2)c1. The summed E-state index contributed by atoms with van der Waals surface area (Å²) in [5.74, 6) is -0.0365. The molecule has 2 aromatic rings. The molecule has 6 heteroatoms. The zero-order chi connectivity index (χ0) is 23.2. The molecule has 2 aliphatic rings. The van der Waals surface area contributed by atoms with Gasteiger partial charge >= 0.3 is 0 Å². The van der Waals surface area contributed by atoms with Crippen molar-refractivity contribution in [1.29, 1.82) is 0 Å². The van der Waals surface area contributed by atoms with Gasteiger partial charge in [0.05, 0.1) is 6.54 Å². The maximum atomic E-state index is 12.7. The van der Waals surface area contributed by atoms with Crippen LogP contribution in [0.3, 0.4) is 0 Å². The standard InChI is InChI=1S/C27H36N4O2/c1-20-6-7-21(2)25(18-20)29-27(33)19-31(24-12-13-24)17-14-26(32)28-22-8-10-23(11-9-22)30-15-4-3-5-16-30/h6-11,18,24H,3-5,12-17,19H2,1-2H3,(H,28,32)(H,29,33). The Morgan fingerprint density at radius 1 is 0.939 bits per heavy atom. The van der Waals surface area contributed by atoms with Crippen LogP contribution in [0.1, 0.15) is 49.7 Å². The third-order valence-electron chi connectivity index (χ3n) is 6.58. The highest BCUT2D eigenvalue weighted by atomic mass is 16.2. The Morgan fingerprint density at radius 2 is 1.67 bits per heavy atom. The lowest BCUT2D eigenvalue weighted by Crippen LogP contribution is -2.37. The molecule has 6 nitrogen and oxygen atoms in total. The first-order valence-electron chi connectivity index (χ1n) is 12.2. The number of aryl methyl sites for hydroxylation is 2. The molecule has 1 aliphatic carbocycles. The minimum absolute atomic E-state index is 0.0127. The monoisotopic (exact) mass is 448 g/mol. The molecule has 0 aromatic heterocycles. The van der Waals surface area contributed by atoms with Crippen LogP contribution in [0.15, 0.2) is 42.5 Å². The number of nitrogens with zero attached hydrogens (tertiary/aromatic N) is 2. The minimum atomic E-state index is -0.0238. The predicted octanol–water partition coefficient (Wildman–Crippen LogP) is 4.73. The first-order valence-corrected chi connectivity index (χ1v) is 12.2. The molecule has 1 saturated heterocycles. The molecule has 0 radical (unpaired) electrons. The molecule has 4 rings (SSSR count). The van der Waals surface area contributed by atoms with Gasteiger partial charge in [-0.05, 0) is 87.4 Å². The molecular weight excluding hydrogens is 412 g/mol. The number of amides is 2. The van der Waals surface area contributed by atoms with Crippen LogP contribution in [0, 0.1) is 13.8 Å². The van der Waals surface area contributed by atoms with Crippen molar-refractivity contribution in [3.63, 3.8) is 0 Å². The molecule has 1 heterocycles. The lowest BCUT2D eigenvalue weighted by Gasteiger charge is -2.28. The Bertz CT molecular complexity index is 963. The van der Waals surface area contributed by atoms with Crippen LogP contribution < -0.4 is 15.5 Å². The lowest BCUT2D eigenvalue weighted by molar-refractivity contribution is -0.119. The van der Waals surface area contributed by atoms with E-state index in [2.05, 4.69) is 32.6 Å². The third-order valence-corrected chi connectivity index (χ3v) is 6.58. The van der Waals surface area contributed by atoms with Gasteiger partial charge in [-0.1, -0.05) is 12.1 Å². The summed E-state index contributed by atoms with van der Waals surface area (Å²) in [6.07, 6.45) is 6.38. The van der Waals surface area contributed by atoms with E-state index < -0.39 is 0 Å². The van der Waals surface area contributed by atoms with Crippen molar-refractivity contribution in [2.24, 2.45) is 0 Å². The van der Waals surface area contributed by atoms with Gasteiger partial charge in [-0.2, -0.15) is 0 Å². The van der Waals surface area contributed by atoms with E-state index in [1.807, 2.05) is 44.2 Å². The van der Waals surface area contributed by atoms with Crippen molar-refractivity contribution in [3.05, 3.63) is 53.6 Å². The van der Waals surface area contributed by atoms with E-state index in [1.165, 1.54) is 24.9 Å². The number of anilines is 3. The highest BCUT2D eigenvalue weighted by molar-refractivity contribution is 5.93. The summed E-state index contributed by atoms with van der Waals surface area (Å²) >= 11 is 0. The van der Waals surface area contributed by atoms with Crippen molar-refractivity contribution in [2.45, 2.75) is 58.4 Å². The second-order valence-corrected chi connectivity index (χ2v) is 9.46. The number of piperidine rings is 1. The summed E-state index contributed by atoms with van der Waals surface area (Å²) < 4.78 is 0. The first-order chi connectivity index (χ1) is 16.0. The van der Waals surface area contributed by atoms with Crippen LogP contribution in [-0.2, 0) is 9.59 Å². The van der Waals surface area contributed by atoms with Gasteiger partial charge in [0.15, 0.2) is 0 Å². The Morgan fingerprint density at radius 3 is 2.36 bits per heavy atom. The summed E-state index contributed by atoms with van der Waals surface area (Å²) in [5.41, 5.74) is 5.09. The molecule has 1 saturated carbocycles. The predicted molar refractivity (Wildman–Crippen MR) is 135 cm³/mol. The Labute approximate surface area is 197 Å². The molecule has 2 aromatic carbocycles. The van der Waals surface area contributed by atoms with Crippen molar-refractivity contribution in [2.75, 3.05) is 41.7 Å². The highest BCUT2D eigenvalue weighted by Gasteiger charge is 2.30. The van der Waals surface area contributed by atoms with Crippen LogP contribution in [-0.4, -0.2) is 48.9 Å². The van der Waals surface area contributed by atoms with Crippen LogP contribution in [0.25, 0.3) is 0 Å². The van der Waals surface area contributed by atoms with Crippen LogP contribution in [0.2, 0.25) is 0 Å². The molecule has 2 N–H and O–H groups in total. The second-order valence-electron chi connectivity index (χ2n) is 9.46. The number of carbonyl (C=O) groups excluding carboxylic acids is 2. The van der Waals surface area contributed by atoms with Gasteiger partial charge in [0, 0.05) is 49.2 Å². The molecule has 0 spiro atoms. The summed E-state index contributed by atoms with van der Waals surface area (Å²) in [6, 6.07) is 14.6. The largest absolute Gasteiger partial charge is 0.372 e. The Balaban J connectivity index is 1.25. The Hall–Kier alpha value is -2.86. The number of hydrogen-bond acceptors (Lipinski definition) is 4. The summed E-state index contributed by atoms with van der Waals surface area (Å²) in [4.78, 5) is 29.8. The van der Waals surface area contributed by atoms with Gasteiger partial charge in [0.2, 0.25) is 11.8 Å². The number of rotatable bonds is 9. The van der Waals surface area contributed by atoms with E-state index in [0.717, 1.165) is 48.4 Å². The second kappa shape index (κ2) is 10.8. The summed E-state index contributed by atoms with van der Waals surface area (Å²) in [5, 5.41) is 6.05. The molecule has 176 valence electrons. The molecule has 0 atom stereocenters. The van der Waals surface area contributed by atoms with Crippen molar-refractivity contribution >= 4 is 28.9 Å². The van der Waals surface area contributed by atoms with Gasteiger partial charge in [-0.25, -0.2) is 0 Å². The van der Waals surface area contributed by atoms with Gasteiger partial charge in [0.1, 0.15) is 0 Å². The highest BCUT2D eigenvalue weighted by Crippen LogP contribution is 2.27. The van der Waals surface area contributed by atoms with Gasteiger partial charge in [-0.15, -0.1) is 0 Å². The fraction of sp³-hybridized carbons (Fsp3) is 0.481. The number of hydrogen-bond donors (Lipinski definition) is 2. The van der Waals surface area contributed by atoms with Crippen LogP contribution >= 0.6 is 0 Å². The van der Waals surface area contributed by atoms with Gasteiger partial charge < -0.3 is 15.5 Å². The normalized spacial score (nSPS) is 16.0. The number of nitrogens with one attached hydrogen (secondary N) is 2. The number of benzene rings is 2. The average molecular weight is 449 g/mol. The quantitative estimate of drug-likeness (QED) is 0.582. The molecule has 0 bridgehead atoms. The molecule has 33 heavy (non-hydrogen) atoms. The lowest BCUT2D eigenvalue weighted by atomic mass is 10.1. The summed E-state index contributed by atoms with van der Waals surface area (Å²) in [7, 11) is 0. The van der Waals surface area contributed by atoms with Crippen LogP contribution in [0.4, 0.5) is 17.1 Å². The van der Waals surface area contributed by atoms with Crippen LogP contribution in [0.5, 0.6) is 0 Å². The zero-order valence-electron chi connectivity index (χ0n) is 19.9. The third kappa shape index (κ3) is 6.81. The zero-order valence-corrected chi connectivity index (χ0v) is 19.9. The van der Waals surface area contributed by atoms with Gasteiger partial charge in [0.25, 0.3) is 0 Å².